The minimum absolute atomic E-state index is 0.135. The smallest absolute Gasteiger partial charge is 0.223 e. The Morgan fingerprint density at radius 1 is 1.44 bits per heavy atom. The van der Waals surface area contributed by atoms with Crippen molar-refractivity contribution < 1.29 is 9.53 Å². The van der Waals surface area contributed by atoms with E-state index >= 15 is 0 Å². The van der Waals surface area contributed by atoms with Crippen LogP contribution in [0.5, 0.6) is 0 Å². The van der Waals surface area contributed by atoms with Gasteiger partial charge in [0.15, 0.2) is 0 Å². The Labute approximate surface area is 108 Å². The van der Waals surface area contributed by atoms with Gasteiger partial charge < -0.3 is 9.64 Å². The van der Waals surface area contributed by atoms with E-state index < -0.39 is 0 Å². The van der Waals surface area contributed by atoms with E-state index in [1.165, 1.54) is 0 Å². The molecule has 1 aromatic rings. The Hall–Kier alpha value is -1.36. The molecule has 1 aliphatic heterocycles. The lowest BCUT2D eigenvalue weighted by molar-refractivity contribution is -0.143. The molecule has 100 valence electrons. The minimum Gasteiger partial charge on any atom is -0.372 e. The predicted octanol–water partition coefficient (Wildman–Crippen LogP) is 0.988. The van der Waals surface area contributed by atoms with Gasteiger partial charge in [-0.2, -0.15) is 5.10 Å². The Morgan fingerprint density at radius 3 is 2.67 bits per heavy atom. The SMILES string of the molecule is C[C@@H]1CN(C(=O)CCc2cnn(C)c2)C[C@@H](C)O1. The summed E-state index contributed by atoms with van der Waals surface area (Å²) in [4.78, 5) is 14.0. The normalized spacial score (nSPS) is 24.3. The highest BCUT2D eigenvalue weighted by Gasteiger charge is 2.25. The fraction of sp³-hybridized carbons (Fsp3) is 0.692. The maximum absolute atomic E-state index is 12.1. The van der Waals surface area contributed by atoms with Crippen molar-refractivity contribution in [1.29, 1.82) is 0 Å². The zero-order valence-electron chi connectivity index (χ0n) is 11.3. The summed E-state index contributed by atoms with van der Waals surface area (Å²) in [6.07, 6.45) is 5.35. The third-order valence-corrected chi connectivity index (χ3v) is 3.16. The van der Waals surface area contributed by atoms with Crippen LogP contribution in [-0.2, 0) is 23.0 Å². The first-order valence-electron chi connectivity index (χ1n) is 6.45. The van der Waals surface area contributed by atoms with Crippen LogP contribution in [0.4, 0.5) is 0 Å². The number of aromatic nitrogens is 2. The maximum Gasteiger partial charge on any atom is 0.223 e. The zero-order chi connectivity index (χ0) is 13.1. The lowest BCUT2D eigenvalue weighted by atomic mass is 10.1. The summed E-state index contributed by atoms with van der Waals surface area (Å²) in [5.41, 5.74) is 1.11. The molecule has 1 aliphatic rings. The fourth-order valence-corrected chi connectivity index (χ4v) is 2.39. The Kier molecular flexibility index (Phi) is 4.01. The molecule has 0 spiro atoms. The highest BCUT2D eigenvalue weighted by Crippen LogP contribution is 2.12. The van der Waals surface area contributed by atoms with Gasteiger partial charge in [-0.25, -0.2) is 0 Å². The number of hydrogen-bond acceptors (Lipinski definition) is 3. The second kappa shape index (κ2) is 5.52. The minimum atomic E-state index is 0.135. The van der Waals surface area contributed by atoms with Gasteiger partial charge in [0.2, 0.25) is 5.91 Å². The number of morpholine rings is 1. The lowest BCUT2D eigenvalue weighted by Gasteiger charge is -2.35. The highest BCUT2D eigenvalue weighted by atomic mass is 16.5. The lowest BCUT2D eigenvalue weighted by Crippen LogP contribution is -2.48. The van der Waals surface area contributed by atoms with Crippen molar-refractivity contribution in [2.75, 3.05) is 13.1 Å². The zero-order valence-corrected chi connectivity index (χ0v) is 11.3. The number of nitrogens with zero attached hydrogens (tertiary/aromatic N) is 3. The number of hydrogen-bond donors (Lipinski definition) is 0. The molecule has 0 aliphatic carbocycles. The van der Waals surface area contributed by atoms with Crippen LogP contribution in [0.2, 0.25) is 0 Å². The predicted molar refractivity (Wildman–Crippen MR) is 68.1 cm³/mol. The first kappa shape index (κ1) is 13.1. The van der Waals surface area contributed by atoms with E-state index in [0.717, 1.165) is 12.0 Å². The second-order valence-electron chi connectivity index (χ2n) is 5.08. The van der Waals surface area contributed by atoms with Crippen molar-refractivity contribution in [2.45, 2.75) is 38.9 Å². The van der Waals surface area contributed by atoms with Crippen LogP contribution in [0.3, 0.4) is 0 Å². The van der Waals surface area contributed by atoms with Crippen molar-refractivity contribution >= 4 is 5.91 Å². The average Bonchev–Trinajstić information content (AvgIpc) is 2.70. The number of amides is 1. The van der Waals surface area contributed by atoms with Gasteiger partial charge in [0.1, 0.15) is 0 Å². The van der Waals surface area contributed by atoms with Gasteiger partial charge in [-0.05, 0) is 25.8 Å². The number of carbonyl (C=O) groups excluding carboxylic acids is 1. The quantitative estimate of drug-likeness (QED) is 0.805. The van der Waals surface area contributed by atoms with E-state index in [1.807, 2.05) is 38.2 Å². The molecule has 18 heavy (non-hydrogen) atoms. The van der Waals surface area contributed by atoms with Gasteiger partial charge in [-0.1, -0.05) is 0 Å². The van der Waals surface area contributed by atoms with Crippen LogP contribution in [0.1, 0.15) is 25.8 Å². The Bertz CT molecular complexity index is 406. The summed E-state index contributed by atoms with van der Waals surface area (Å²) in [6.45, 7) is 5.43. The van der Waals surface area contributed by atoms with Gasteiger partial charge in [-0.3, -0.25) is 9.48 Å². The topological polar surface area (TPSA) is 47.4 Å². The van der Waals surface area contributed by atoms with Crippen LogP contribution < -0.4 is 0 Å². The molecule has 2 rings (SSSR count). The maximum atomic E-state index is 12.1. The van der Waals surface area contributed by atoms with Gasteiger partial charge in [0.25, 0.3) is 0 Å². The molecule has 0 saturated carbocycles. The first-order chi connectivity index (χ1) is 8.54. The fourth-order valence-electron chi connectivity index (χ4n) is 2.39. The third kappa shape index (κ3) is 3.32. The highest BCUT2D eigenvalue weighted by molar-refractivity contribution is 5.76. The second-order valence-corrected chi connectivity index (χ2v) is 5.08. The third-order valence-electron chi connectivity index (χ3n) is 3.16. The summed E-state index contributed by atoms with van der Waals surface area (Å²) in [6, 6.07) is 0. The summed E-state index contributed by atoms with van der Waals surface area (Å²) in [5, 5.41) is 4.10. The van der Waals surface area contributed by atoms with E-state index in [1.54, 1.807) is 4.68 Å². The van der Waals surface area contributed by atoms with Crippen molar-refractivity contribution in [3.05, 3.63) is 18.0 Å². The van der Waals surface area contributed by atoms with Crippen LogP contribution in [0.25, 0.3) is 0 Å². The summed E-state index contributed by atoms with van der Waals surface area (Å²) >= 11 is 0. The molecule has 1 aromatic heterocycles. The molecule has 0 aromatic carbocycles. The van der Waals surface area contributed by atoms with Crippen LogP contribution in [0.15, 0.2) is 12.4 Å². The van der Waals surface area contributed by atoms with E-state index in [4.69, 9.17) is 4.74 Å². The van der Waals surface area contributed by atoms with E-state index in [9.17, 15) is 4.79 Å². The van der Waals surface area contributed by atoms with Gasteiger partial charge in [-0.15, -0.1) is 0 Å². The molecule has 0 radical (unpaired) electrons. The molecule has 2 heterocycles. The van der Waals surface area contributed by atoms with Gasteiger partial charge in [0.05, 0.1) is 18.4 Å². The molecule has 5 heteroatoms. The van der Waals surface area contributed by atoms with Crippen molar-refractivity contribution in [2.24, 2.45) is 7.05 Å². The molecule has 1 saturated heterocycles. The molecule has 0 bridgehead atoms. The van der Waals surface area contributed by atoms with Crippen LogP contribution in [-0.4, -0.2) is 45.9 Å². The molecular weight excluding hydrogens is 230 g/mol. The first-order valence-corrected chi connectivity index (χ1v) is 6.45. The van der Waals surface area contributed by atoms with Crippen LogP contribution >= 0.6 is 0 Å². The molecule has 5 nitrogen and oxygen atoms in total. The Morgan fingerprint density at radius 2 is 2.11 bits per heavy atom. The molecule has 1 amide bonds. The molecule has 0 unspecified atom stereocenters. The molecule has 1 fully saturated rings. The van der Waals surface area contributed by atoms with Gasteiger partial charge in [0, 0.05) is 32.8 Å². The largest absolute Gasteiger partial charge is 0.372 e. The van der Waals surface area contributed by atoms with E-state index in [0.29, 0.717) is 19.5 Å². The van der Waals surface area contributed by atoms with Crippen molar-refractivity contribution in [3.63, 3.8) is 0 Å². The summed E-state index contributed by atoms with van der Waals surface area (Å²) in [7, 11) is 1.89. The average molecular weight is 251 g/mol. The van der Waals surface area contributed by atoms with Crippen LogP contribution in [0, 0.1) is 0 Å². The number of rotatable bonds is 3. The number of aryl methyl sites for hydroxylation is 2. The van der Waals surface area contributed by atoms with Gasteiger partial charge >= 0.3 is 0 Å². The van der Waals surface area contributed by atoms with Crippen molar-refractivity contribution in [3.8, 4) is 0 Å². The Balaban J connectivity index is 1.84. The molecular formula is C13H21N3O2. The van der Waals surface area contributed by atoms with E-state index in [2.05, 4.69) is 5.10 Å². The number of ether oxygens (including phenoxy) is 1. The monoisotopic (exact) mass is 251 g/mol. The molecule has 0 N–H and O–H groups in total. The molecule has 2 atom stereocenters. The van der Waals surface area contributed by atoms with E-state index in [-0.39, 0.29) is 18.1 Å². The number of carbonyl (C=O) groups is 1. The van der Waals surface area contributed by atoms with Crippen molar-refractivity contribution in [1.82, 2.24) is 14.7 Å². The standard InChI is InChI=1S/C13H21N3O2/c1-10-7-16(8-11(2)18-10)13(17)5-4-12-6-14-15(3)9-12/h6,9-11H,4-5,7-8H2,1-3H3/t10-,11-/m1/s1. The summed E-state index contributed by atoms with van der Waals surface area (Å²) < 4.78 is 7.39. The summed E-state index contributed by atoms with van der Waals surface area (Å²) in [5.74, 6) is 0.209.